The summed E-state index contributed by atoms with van der Waals surface area (Å²) in [4.78, 5) is 18.3. The summed E-state index contributed by atoms with van der Waals surface area (Å²) in [5, 5.41) is 0. The molecule has 0 amide bonds. The van der Waals surface area contributed by atoms with Gasteiger partial charge in [-0.3, -0.25) is 4.79 Å². The molecule has 37 heavy (non-hydrogen) atoms. The van der Waals surface area contributed by atoms with E-state index in [-0.39, 0.29) is 11.7 Å². The highest BCUT2D eigenvalue weighted by atomic mass is 16.5. The monoisotopic (exact) mass is 489 g/mol. The molecule has 0 aliphatic rings. The highest BCUT2D eigenvalue weighted by molar-refractivity contribution is 6.31. The molecule has 0 unspecified atom stereocenters. The molecular formula is C32H27NO4. The van der Waals surface area contributed by atoms with Crippen molar-refractivity contribution in [3.63, 3.8) is 0 Å². The van der Waals surface area contributed by atoms with Crippen molar-refractivity contribution in [2.75, 3.05) is 6.61 Å². The second kappa shape index (κ2) is 11.0. The van der Waals surface area contributed by atoms with Gasteiger partial charge in [0.25, 0.3) is 0 Å². The Kier molecular flexibility index (Phi) is 7.13. The average molecular weight is 490 g/mol. The van der Waals surface area contributed by atoms with Crippen LogP contribution in [0.2, 0.25) is 0 Å². The molecule has 0 radical (unpaired) electrons. The smallest absolute Gasteiger partial charge is 0.231 e. The van der Waals surface area contributed by atoms with Crippen molar-refractivity contribution in [1.29, 1.82) is 0 Å². The Hall–Kier alpha value is -4.64. The summed E-state index contributed by atoms with van der Waals surface area (Å²) in [7, 11) is 0. The van der Waals surface area contributed by atoms with Gasteiger partial charge in [0.2, 0.25) is 5.89 Å². The maximum Gasteiger partial charge on any atom is 0.231 e. The summed E-state index contributed by atoms with van der Waals surface area (Å²) < 4.78 is 17.9. The number of benzene rings is 4. The summed E-state index contributed by atoms with van der Waals surface area (Å²) >= 11 is 0. The Bertz CT molecular complexity index is 1520. The van der Waals surface area contributed by atoms with E-state index in [1.165, 1.54) is 0 Å². The van der Waals surface area contributed by atoms with Gasteiger partial charge in [-0.15, -0.1) is 0 Å². The van der Waals surface area contributed by atoms with E-state index in [1.54, 1.807) is 6.08 Å². The molecule has 0 bridgehead atoms. The van der Waals surface area contributed by atoms with Crippen molar-refractivity contribution < 1.29 is 18.7 Å². The van der Waals surface area contributed by atoms with E-state index in [9.17, 15) is 4.79 Å². The van der Waals surface area contributed by atoms with Crippen molar-refractivity contribution in [1.82, 2.24) is 4.98 Å². The van der Waals surface area contributed by atoms with Gasteiger partial charge in [0.05, 0.1) is 12.2 Å². The Morgan fingerprint density at radius 2 is 1.62 bits per heavy atom. The molecule has 0 spiro atoms. The van der Waals surface area contributed by atoms with Crippen LogP contribution in [0.15, 0.2) is 101 Å². The number of nitrogens with zero attached hydrogens (tertiary/aromatic N) is 1. The molecular weight excluding hydrogens is 462 g/mol. The third kappa shape index (κ3) is 5.62. The molecule has 4 aromatic carbocycles. The first kappa shape index (κ1) is 24.1. The molecule has 5 aromatic rings. The Balaban J connectivity index is 1.53. The fourth-order valence-corrected chi connectivity index (χ4v) is 3.98. The number of hydrogen-bond donors (Lipinski definition) is 0. The van der Waals surface area contributed by atoms with Crippen LogP contribution in [0.3, 0.4) is 0 Å². The highest BCUT2D eigenvalue weighted by Gasteiger charge is 2.20. The number of ether oxygens (including phenoxy) is 2. The van der Waals surface area contributed by atoms with Crippen LogP contribution in [0.5, 0.6) is 11.5 Å². The van der Waals surface area contributed by atoms with Crippen LogP contribution in [-0.2, 0) is 6.61 Å². The molecule has 1 heterocycles. The first-order chi connectivity index (χ1) is 18.1. The number of oxazole rings is 1. The number of carbonyl (C=O) groups excluding carboxylic acids is 1. The van der Waals surface area contributed by atoms with Gasteiger partial charge in [0, 0.05) is 5.56 Å². The topological polar surface area (TPSA) is 61.6 Å². The zero-order chi connectivity index (χ0) is 25.6. The van der Waals surface area contributed by atoms with Gasteiger partial charge in [0.1, 0.15) is 12.1 Å². The van der Waals surface area contributed by atoms with Gasteiger partial charge in [-0.25, -0.2) is 4.98 Å². The number of aryl methyl sites for hydroxylation is 1. The number of allylic oxidation sites excluding steroid dienone is 1. The predicted molar refractivity (Wildman–Crippen MR) is 146 cm³/mol. The maximum atomic E-state index is 13.7. The number of rotatable bonds is 9. The van der Waals surface area contributed by atoms with Crippen LogP contribution in [0.25, 0.3) is 22.7 Å². The van der Waals surface area contributed by atoms with Crippen LogP contribution in [0.4, 0.5) is 0 Å². The fourth-order valence-electron chi connectivity index (χ4n) is 3.98. The van der Waals surface area contributed by atoms with Crippen molar-refractivity contribution in [3.8, 4) is 11.5 Å². The van der Waals surface area contributed by atoms with Crippen LogP contribution >= 0.6 is 0 Å². The zero-order valence-corrected chi connectivity index (χ0v) is 20.8. The van der Waals surface area contributed by atoms with E-state index in [0.29, 0.717) is 46.9 Å². The van der Waals surface area contributed by atoms with E-state index in [1.807, 2.05) is 111 Å². The number of carbonyl (C=O) groups is 1. The summed E-state index contributed by atoms with van der Waals surface area (Å²) in [5.41, 5.74) is 5.16. The number of ketones is 1. The number of para-hydroxylation sites is 2. The van der Waals surface area contributed by atoms with E-state index in [2.05, 4.69) is 4.98 Å². The first-order valence-electron chi connectivity index (χ1n) is 12.2. The molecule has 0 saturated carbocycles. The van der Waals surface area contributed by atoms with Crippen LogP contribution < -0.4 is 9.47 Å². The minimum Gasteiger partial charge on any atom is -0.490 e. The molecule has 5 heteroatoms. The fraction of sp³-hybridized carbons (Fsp3) is 0.125. The van der Waals surface area contributed by atoms with E-state index in [4.69, 9.17) is 13.9 Å². The van der Waals surface area contributed by atoms with Gasteiger partial charge in [0.15, 0.2) is 22.9 Å². The van der Waals surface area contributed by atoms with Crippen LogP contribution in [0, 0.1) is 6.92 Å². The van der Waals surface area contributed by atoms with Crippen LogP contribution in [-0.4, -0.2) is 17.4 Å². The minimum absolute atomic E-state index is 0.172. The quantitative estimate of drug-likeness (QED) is 0.158. The molecule has 0 saturated heterocycles. The van der Waals surface area contributed by atoms with E-state index in [0.717, 1.165) is 16.7 Å². The van der Waals surface area contributed by atoms with Gasteiger partial charge in [-0.05, 0) is 55.3 Å². The van der Waals surface area contributed by atoms with Gasteiger partial charge in [-0.1, -0.05) is 78.4 Å². The van der Waals surface area contributed by atoms with E-state index < -0.39 is 0 Å². The molecule has 5 nitrogen and oxygen atoms in total. The Morgan fingerprint density at radius 1 is 0.865 bits per heavy atom. The minimum atomic E-state index is -0.172. The van der Waals surface area contributed by atoms with Gasteiger partial charge < -0.3 is 13.9 Å². The molecule has 0 aliphatic heterocycles. The first-order valence-corrected chi connectivity index (χ1v) is 12.2. The molecule has 184 valence electrons. The summed E-state index contributed by atoms with van der Waals surface area (Å²) in [6, 6.07) is 30.5. The average Bonchev–Trinajstić information content (AvgIpc) is 3.36. The summed E-state index contributed by atoms with van der Waals surface area (Å²) in [6.07, 6.45) is 1.79. The largest absolute Gasteiger partial charge is 0.490 e. The van der Waals surface area contributed by atoms with Crippen molar-refractivity contribution >= 4 is 28.5 Å². The molecule has 0 N–H and O–H groups in total. The Morgan fingerprint density at radius 3 is 2.38 bits per heavy atom. The SMILES string of the molecule is CCOc1cc(C=C(C(=O)c2ccc(C)cc2)c2nc3ccccc3o2)ccc1OCc1ccccc1. The molecule has 0 fully saturated rings. The molecule has 0 aliphatic carbocycles. The lowest BCUT2D eigenvalue weighted by Crippen LogP contribution is -2.04. The number of fused-ring (bicyclic) bond motifs is 1. The summed E-state index contributed by atoms with van der Waals surface area (Å²) in [6.45, 7) is 4.82. The highest BCUT2D eigenvalue weighted by Crippen LogP contribution is 2.32. The lowest BCUT2D eigenvalue weighted by Gasteiger charge is -2.13. The number of hydrogen-bond acceptors (Lipinski definition) is 5. The Labute approximate surface area is 216 Å². The van der Waals surface area contributed by atoms with Crippen LogP contribution in [0.1, 0.15) is 39.9 Å². The normalized spacial score (nSPS) is 11.5. The third-order valence-corrected chi connectivity index (χ3v) is 5.90. The van der Waals surface area contributed by atoms with Crippen molar-refractivity contribution in [3.05, 3.63) is 125 Å². The lowest BCUT2D eigenvalue weighted by atomic mass is 9.99. The summed E-state index contributed by atoms with van der Waals surface area (Å²) in [5.74, 6) is 1.34. The second-order valence-electron chi connectivity index (χ2n) is 8.65. The molecule has 1 aromatic heterocycles. The maximum absolute atomic E-state index is 13.7. The number of Topliss-reactive ketones (excluding diaryl/α,β-unsaturated/α-hetero) is 1. The third-order valence-electron chi connectivity index (χ3n) is 5.90. The molecule has 5 rings (SSSR count). The van der Waals surface area contributed by atoms with Crippen molar-refractivity contribution in [2.24, 2.45) is 0 Å². The van der Waals surface area contributed by atoms with E-state index >= 15 is 0 Å². The van der Waals surface area contributed by atoms with Gasteiger partial charge >= 0.3 is 0 Å². The number of aromatic nitrogens is 1. The molecule has 0 atom stereocenters. The van der Waals surface area contributed by atoms with Gasteiger partial charge in [-0.2, -0.15) is 0 Å². The standard InChI is InChI=1S/C32H27NO4/c1-3-35-30-20-24(15-18-29(30)36-21-23-9-5-4-6-10-23)19-26(31(34)25-16-13-22(2)14-17-25)32-33-27-11-7-8-12-28(27)37-32/h4-20H,3,21H2,1-2H3. The lowest BCUT2D eigenvalue weighted by molar-refractivity contribution is 0.105. The predicted octanol–water partition coefficient (Wildman–Crippen LogP) is 7.54. The van der Waals surface area contributed by atoms with Crippen molar-refractivity contribution in [2.45, 2.75) is 20.5 Å². The zero-order valence-electron chi connectivity index (χ0n) is 20.8. The second-order valence-corrected chi connectivity index (χ2v) is 8.65.